The smallest absolute Gasteiger partial charge is 0.256 e. The van der Waals surface area contributed by atoms with Gasteiger partial charge < -0.3 is 14.9 Å². The molecule has 1 fully saturated rings. The topological polar surface area (TPSA) is 69.6 Å². The van der Waals surface area contributed by atoms with Crippen LogP contribution in [0.1, 0.15) is 23.2 Å². The minimum atomic E-state index is -0.650. The van der Waals surface area contributed by atoms with Crippen molar-refractivity contribution < 1.29 is 18.7 Å². The van der Waals surface area contributed by atoms with E-state index in [9.17, 15) is 18.7 Å². The van der Waals surface area contributed by atoms with Crippen LogP contribution < -0.4 is 4.90 Å². The third-order valence-corrected chi connectivity index (χ3v) is 5.40. The zero-order valence-corrected chi connectivity index (χ0v) is 16.8. The van der Waals surface area contributed by atoms with Crippen molar-refractivity contribution in [1.82, 2.24) is 14.9 Å². The Morgan fingerprint density at radius 1 is 1.10 bits per heavy atom. The van der Waals surface area contributed by atoms with Crippen LogP contribution in [0.15, 0.2) is 36.7 Å². The Morgan fingerprint density at radius 2 is 1.83 bits per heavy atom. The van der Waals surface area contributed by atoms with Crippen LogP contribution in [-0.4, -0.2) is 59.2 Å². The minimum Gasteiger partial charge on any atom is -0.393 e. The zero-order valence-electron chi connectivity index (χ0n) is 16.8. The van der Waals surface area contributed by atoms with E-state index in [1.54, 1.807) is 26.2 Å². The Morgan fingerprint density at radius 3 is 2.50 bits per heavy atom. The van der Waals surface area contributed by atoms with Crippen molar-refractivity contribution in [2.24, 2.45) is 0 Å². The normalized spacial score (nSPS) is 14.9. The van der Waals surface area contributed by atoms with Crippen LogP contribution in [0.3, 0.4) is 0 Å². The molecule has 0 spiro atoms. The van der Waals surface area contributed by atoms with Crippen LogP contribution in [0.2, 0.25) is 0 Å². The molecule has 1 N–H and O–H groups in total. The number of amides is 1. The molecule has 0 radical (unpaired) electrons. The number of benzene rings is 2. The molecule has 4 rings (SSSR count). The van der Waals surface area contributed by atoms with E-state index in [1.807, 2.05) is 4.90 Å². The van der Waals surface area contributed by atoms with Crippen molar-refractivity contribution in [1.29, 1.82) is 0 Å². The molecule has 1 amide bonds. The molecule has 6 nitrogen and oxygen atoms in total. The summed E-state index contributed by atoms with van der Waals surface area (Å²) in [7, 11) is 3.11. The molecule has 1 aromatic heterocycles. The van der Waals surface area contributed by atoms with Crippen LogP contribution in [0, 0.1) is 11.6 Å². The fourth-order valence-corrected chi connectivity index (χ4v) is 3.77. The van der Waals surface area contributed by atoms with Gasteiger partial charge in [-0.05, 0) is 42.7 Å². The molecule has 8 heteroatoms. The highest BCUT2D eigenvalue weighted by atomic mass is 19.1. The standard InChI is InChI=1S/C22H22F2N4O2/c1-27(2)22(30)16-4-3-13(11-18(16)24)15-5-6-17(23)19-20(15)25-12-26-21(19)28-9-7-14(29)8-10-28/h3-6,11-12,14,29H,7-10H2,1-2H3. The Bertz CT molecular complexity index is 1110. The van der Waals surface area contributed by atoms with Crippen molar-refractivity contribution in [2.75, 3.05) is 32.1 Å². The average molecular weight is 412 g/mol. The van der Waals surface area contributed by atoms with Gasteiger partial charge >= 0.3 is 0 Å². The molecular weight excluding hydrogens is 390 g/mol. The van der Waals surface area contributed by atoms with Crippen molar-refractivity contribution in [3.63, 3.8) is 0 Å². The molecule has 30 heavy (non-hydrogen) atoms. The first-order valence-electron chi connectivity index (χ1n) is 9.74. The van der Waals surface area contributed by atoms with Gasteiger partial charge in [0.1, 0.15) is 23.8 Å². The molecule has 0 atom stereocenters. The largest absolute Gasteiger partial charge is 0.393 e. The van der Waals surface area contributed by atoms with E-state index in [-0.39, 0.29) is 17.1 Å². The number of nitrogens with zero attached hydrogens (tertiary/aromatic N) is 4. The lowest BCUT2D eigenvalue weighted by atomic mass is 9.99. The van der Waals surface area contributed by atoms with Gasteiger partial charge in [0.2, 0.25) is 0 Å². The third-order valence-electron chi connectivity index (χ3n) is 5.40. The third kappa shape index (κ3) is 3.59. The summed E-state index contributed by atoms with van der Waals surface area (Å²) < 4.78 is 29.5. The number of carbonyl (C=O) groups is 1. The summed E-state index contributed by atoms with van der Waals surface area (Å²) in [5, 5.41) is 10.0. The summed E-state index contributed by atoms with van der Waals surface area (Å²) in [6.07, 6.45) is 2.17. The summed E-state index contributed by atoms with van der Waals surface area (Å²) in [5.41, 5.74) is 1.39. The van der Waals surface area contributed by atoms with E-state index in [2.05, 4.69) is 9.97 Å². The number of carbonyl (C=O) groups excluding carboxylic acids is 1. The maximum atomic E-state index is 14.8. The molecule has 3 aromatic rings. The molecule has 1 aliphatic heterocycles. The maximum Gasteiger partial charge on any atom is 0.256 e. The van der Waals surface area contributed by atoms with Crippen LogP contribution in [0.4, 0.5) is 14.6 Å². The van der Waals surface area contributed by atoms with E-state index in [1.165, 1.54) is 29.4 Å². The second-order valence-corrected chi connectivity index (χ2v) is 7.63. The highest BCUT2D eigenvalue weighted by Crippen LogP contribution is 2.34. The molecule has 1 aliphatic rings. The van der Waals surface area contributed by atoms with E-state index in [0.29, 0.717) is 48.4 Å². The summed E-state index contributed by atoms with van der Waals surface area (Å²) in [5.74, 6) is -1.08. The van der Waals surface area contributed by atoms with Crippen LogP contribution in [-0.2, 0) is 0 Å². The van der Waals surface area contributed by atoms with E-state index >= 15 is 0 Å². The van der Waals surface area contributed by atoms with Gasteiger partial charge in [0.25, 0.3) is 5.91 Å². The molecule has 2 aromatic carbocycles. The second kappa shape index (κ2) is 7.95. The number of fused-ring (bicyclic) bond motifs is 1. The SMILES string of the molecule is CN(C)C(=O)c1ccc(-c2ccc(F)c3c(N4CCC(O)CC4)ncnc23)cc1F. The minimum absolute atomic E-state index is 0.0302. The van der Waals surface area contributed by atoms with E-state index in [4.69, 9.17) is 0 Å². The van der Waals surface area contributed by atoms with E-state index < -0.39 is 17.5 Å². The number of halogens is 2. The van der Waals surface area contributed by atoms with Gasteiger partial charge in [-0.2, -0.15) is 0 Å². The molecule has 2 heterocycles. The van der Waals surface area contributed by atoms with Gasteiger partial charge in [0.05, 0.1) is 22.6 Å². The number of aliphatic hydroxyl groups excluding tert-OH is 1. The molecule has 156 valence electrons. The summed E-state index contributed by atoms with van der Waals surface area (Å²) in [6, 6.07) is 7.20. The fraction of sp³-hybridized carbons (Fsp3) is 0.318. The van der Waals surface area contributed by atoms with Crippen molar-refractivity contribution >= 4 is 22.6 Å². The van der Waals surface area contributed by atoms with E-state index in [0.717, 1.165) is 0 Å². The number of aromatic nitrogens is 2. The molecule has 1 saturated heterocycles. The van der Waals surface area contributed by atoms with Gasteiger partial charge in [-0.3, -0.25) is 4.79 Å². The first-order valence-corrected chi connectivity index (χ1v) is 9.74. The first-order chi connectivity index (χ1) is 14.4. The van der Waals surface area contributed by atoms with Gasteiger partial charge in [-0.1, -0.05) is 6.07 Å². The highest BCUT2D eigenvalue weighted by molar-refractivity contribution is 6.00. The fourth-order valence-electron chi connectivity index (χ4n) is 3.77. The number of aliphatic hydroxyl groups is 1. The monoisotopic (exact) mass is 412 g/mol. The zero-order chi connectivity index (χ0) is 21.4. The number of piperidine rings is 1. The lowest BCUT2D eigenvalue weighted by Crippen LogP contribution is -2.36. The molecule has 0 unspecified atom stereocenters. The molecular formula is C22H22F2N4O2. The Balaban J connectivity index is 1.81. The van der Waals surface area contributed by atoms with Crippen LogP contribution in [0.25, 0.3) is 22.0 Å². The van der Waals surface area contributed by atoms with Crippen molar-refractivity contribution in [3.8, 4) is 11.1 Å². The lowest BCUT2D eigenvalue weighted by Gasteiger charge is -2.31. The summed E-state index contributed by atoms with van der Waals surface area (Å²) >= 11 is 0. The van der Waals surface area contributed by atoms with Gasteiger partial charge in [0, 0.05) is 32.7 Å². The quantitative estimate of drug-likeness (QED) is 0.715. The summed E-state index contributed by atoms with van der Waals surface area (Å²) in [4.78, 5) is 23.9. The van der Waals surface area contributed by atoms with Gasteiger partial charge in [-0.15, -0.1) is 0 Å². The predicted octanol–water partition coefficient (Wildman–Crippen LogP) is 3.24. The summed E-state index contributed by atoms with van der Waals surface area (Å²) in [6.45, 7) is 1.12. The highest BCUT2D eigenvalue weighted by Gasteiger charge is 2.23. The van der Waals surface area contributed by atoms with Crippen molar-refractivity contribution in [3.05, 3.63) is 53.9 Å². The Labute approximate surface area is 172 Å². The Kier molecular flexibility index (Phi) is 5.34. The number of hydrogen-bond acceptors (Lipinski definition) is 5. The number of hydrogen-bond donors (Lipinski definition) is 1. The van der Waals surface area contributed by atoms with Crippen molar-refractivity contribution in [2.45, 2.75) is 18.9 Å². The Hall–Kier alpha value is -3.13. The lowest BCUT2D eigenvalue weighted by molar-refractivity contribution is 0.0823. The maximum absolute atomic E-state index is 14.8. The molecule has 0 bridgehead atoms. The number of rotatable bonds is 3. The average Bonchev–Trinajstić information content (AvgIpc) is 2.73. The second-order valence-electron chi connectivity index (χ2n) is 7.63. The predicted molar refractivity (Wildman–Crippen MR) is 110 cm³/mol. The van der Waals surface area contributed by atoms with Crippen LogP contribution in [0.5, 0.6) is 0 Å². The van der Waals surface area contributed by atoms with Gasteiger partial charge in [0.15, 0.2) is 0 Å². The molecule has 0 aliphatic carbocycles. The van der Waals surface area contributed by atoms with Crippen LogP contribution >= 0.6 is 0 Å². The first kappa shape index (κ1) is 20.2. The molecule has 0 saturated carbocycles. The van der Waals surface area contributed by atoms with Gasteiger partial charge in [-0.25, -0.2) is 18.7 Å². The number of anilines is 1.